The van der Waals surface area contributed by atoms with Gasteiger partial charge in [0.2, 0.25) is 0 Å². The second-order valence-electron chi connectivity index (χ2n) is 8.60. The maximum atomic E-state index is 6.53. The van der Waals surface area contributed by atoms with Crippen LogP contribution in [0.1, 0.15) is 61.3 Å². The van der Waals surface area contributed by atoms with E-state index in [0.29, 0.717) is 6.61 Å². The fourth-order valence-electron chi connectivity index (χ4n) is 2.88. The van der Waals surface area contributed by atoms with Crippen molar-refractivity contribution < 1.29 is 4.74 Å². The molecule has 0 amide bonds. The Labute approximate surface area is 313 Å². The summed E-state index contributed by atoms with van der Waals surface area (Å²) < 4.78 is 5.48. The number of halogens is 14. The Hall–Kier alpha value is 4.02. The Morgan fingerprint density at radius 1 is 0.400 bits per heavy atom. The van der Waals surface area contributed by atoms with E-state index >= 15 is 0 Å². The summed E-state index contributed by atoms with van der Waals surface area (Å²) in [6.07, 6.45) is 1.76. The van der Waals surface area contributed by atoms with E-state index in [4.69, 9.17) is 167 Å². The highest BCUT2D eigenvalue weighted by Gasteiger charge is 2.45. The molecule has 0 aromatic heterocycles. The minimum atomic E-state index is -0.994. The number of alkyl halides is 14. The third-order valence-corrected chi connectivity index (χ3v) is 14.6. The van der Waals surface area contributed by atoms with Crippen molar-refractivity contribution in [1.82, 2.24) is 0 Å². The quantitative estimate of drug-likeness (QED) is 0.0986. The molecule has 246 valence electrons. The van der Waals surface area contributed by atoms with E-state index in [2.05, 4.69) is 0 Å². The molecule has 0 heterocycles. The number of rotatable bonds is 18. The maximum Gasteiger partial charge on any atom is 0.148 e. The molecular weight excluding hydrogens is 813 g/mol. The van der Waals surface area contributed by atoms with Gasteiger partial charge in [0.05, 0.1) is 69.9 Å². The SMILES string of the molecule is CC.CC.CCCCOC(Cl)C(Cl)C(Cl)C(Cl)C(Cl)C(Cl)C(Cl)C(Cl)C(Cl)C(Cl)C(Cl)C(Cl)C(Cl)C(Cl)C(C)C. The number of hydrogen-bond donors (Lipinski definition) is 0. The lowest BCUT2D eigenvalue weighted by molar-refractivity contribution is 0.101. The highest BCUT2D eigenvalue weighted by molar-refractivity contribution is 6.45. The molecular formula is C25H42Cl14O. The molecule has 1 nitrogen and oxygen atoms in total. The van der Waals surface area contributed by atoms with E-state index in [0.717, 1.165) is 12.8 Å². The van der Waals surface area contributed by atoms with Crippen LogP contribution in [-0.4, -0.2) is 82.1 Å². The first-order valence-corrected chi connectivity index (χ1v) is 19.2. The van der Waals surface area contributed by atoms with Crippen LogP contribution in [0.3, 0.4) is 0 Å². The highest BCUT2D eigenvalue weighted by Crippen LogP contribution is 2.39. The van der Waals surface area contributed by atoms with Gasteiger partial charge >= 0.3 is 0 Å². The van der Waals surface area contributed by atoms with Crippen molar-refractivity contribution in [3.63, 3.8) is 0 Å². The monoisotopic (exact) mass is 848 g/mol. The van der Waals surface area contributed by atoms with Crippen LogP contribution in [-0.2, 0) is 4.74 Å². The zero-order chi connectivity index (χ0) is 32.5. The van der Waals surface area contributed by atoms with Gasteiger partial charge in [-0.25, -0.2) is 0 Å². The predicted molar refractivity (Wildman–Crippen MR) is 193 cm³/mol. The molecule has 0 N–H and O–H groups in total. The molecule has 0 rings (SSSR count). The third kappa shape index (κ3) is 16.7. The molecule has 0 spiro atoms. The molecule has 15 heteroatoms. The van der Waals surface area contributed by atoms with Gasteiger partial charge in [-0.1, -0.05) is 66.5 Å². The molecule has 0 saturated carbocycles. The molecule has 0 aliphatic carbocycles. The van der Waals surface area contributed by atoms with Crippen molar-refractivity contribution in [2.75, 3.05) is 6.61 Å². The van der Waals surface area contributed by atoms with Gasteiger partial charge in [0.15, 0.2) is 0 Å². The second-order valence-corrected chi connectivity index (χ2v) is 15.6. The summed E-state index contributed by atoms with van der Waals surface area (Å²) in [7, 11) is 0. The molecule has 0 aliphatic heterocycles. The Balaban J connectivity index is -0.00000326. The van der Waals surface area contributed by atoms with Gasteiger partial charge in [0.25, 0.3) is 0 Å². The van der Waals surface area contributed by atoms with Crippen LogP contribution in [0.2, 0.25) is 0 Å². The molecule has 0 bridgehead atoms. The van der Waals surface area contributed by atoms with Crippen LogP contribution < -0.4 is 0 Å². The van der Waals surface area contributed by atoms with Crippen LogP contribution in [0.5, 0.6) is 0 Å². The third-order valence-electron chi connectivity index (χ3n) is 5.31. The number of ether oxygens (including phenoxy) is 1. The van der Waals surface area contributed by atoms with Gasteiger partial charge in [-0.2, -0.15) is 0 Å². The molecule has 14 unspecified atom stereocenters. The summed E-state index contributed by atoms with van der Waals surface area (Å²) in [6, 6.07) is 0. The topological polar surface area (TPSA) is 9.23 Å². The lowest BCUT2D eigenvalue weighted by Gasteiger charge is -2.35. The van der Waals surface area contributed by atoms with Crippen molar-refractivity contribution in [1.29, 1.82) is 0 Å². The summed E-state index contributed by atoms with van der Waals surface area (Å²) in [5.74, 6) is 0.0596. The highest BCUT2D eigenvalue weighted by atomic mass is 35.5. The minimum Gasteiger partial charge on any atom is -0.361 e. The second kappa shape index (κ2) is 27.0. The van der Waals surface area contributed by atoms with Gasteiger partial charge in [-0.05, 0) is 12.3 Å². The molecule has 0 radical (unpaired) electrons. The van der Waals surface area contributed by atoms with Crippen LogP contribution >= 0.6 is 162 Å². The van der Waals surface area contributed by atoms with Crippen molar-refractivity contribution in [3.8, 4) is 0 Å². The van der Waals surface area contributed by atoms with Crippen LogP contribution in [0, 0.1) is 5.92 Å². The molecule has 40 heavy (non-hydrogen) atoms. The van der Waals surface area contributed by atoms with E-state index in [1.807, 2.05) is 48.5 Å². The number of hydrogen-bond acceptors (Lipinski definition) is 1. The normalized spacial score (nSPS) is 22.4. The van der Waals surface area contributed by atoms with Crippen molar-refractivity contribution in [2.24, 2.45) is 5.92 Å². The molecule has 0 aliphatic rings. The Morgan fingerprint density at radius 2 is 0.625 bits per heavy atom. The predicted octanol–water partition coefficient (Wildman–Crippen LogP) is 13.0. The van der Waals surface area contributed by atoms with E-state index < -0.39 is 75.5 Å². The van der Waals surface area contributed by atoms with Crippen molar-refractivity contribution >= 4 is 162 Å². The van der Waals surface area contributed by atoms with Crippen LogP contribution in [0.15, 0.2) is 0 Å². The molecule has 0 aromatic rings. The summed E-state index contributed by atoms with van der Waals surface area (Å²) in [4.78, 5) is 0. The molecule has 0 fully saturated rings. The van der Waals surface area contributed by atoms with Crippen LogP contribution in [0.4, 0.5) is 0 Å². The average Bonchev–Trinajstić information content (AvgIpc) is 2.97. The van der Waals surface area contributed by atoms with Gasteiger partial charge in [0.1, 0.15) is 5.56 Å². The Morgan fingerprint density at radius 3 is 0.850 bits per heavy atom. The average molecular weight is 855 g/mol. The molecule has 0 aromatic carbocycles. The van der Waals surface area contributed by atoms with E-state index in [-0.39, 0.29) is 5.92 Å². The zero-order valence-corrected chi connectivity index (χ0v) is 34.1. The Kier molecular flexibility index (Phi) is 32.7. The van der Waals surface area contributed by atoms with Crippen LogP contribution in [0.25, 0.3) is 0 Å². The first-order chi connectivity index (χ1) is 18.5. The van der Waals surface area contributed by atoms with Gasteiger partial charge in [-0.15, -0.1) is 151 Å². The van der Waals surface area contributed by atoms with E-state index in [9.17, 15) is 0 Å². The summed E-state index contributed by atoms with van der Waals surface area (Å²) in [6.45, 7) is 14.3. The largest absolute Gasteiger partial charge is 0.361 e. The summed E-state index contributed by atoms with van der Waals surface area (Å²) in [5.41, 5.74) is -0.880. The minimum absolute atomic E-state index is 0.0596. The first kappa shape index (κ1) is 48.4. The zero-order valence-electron chi connectivity index (χ0n) is 23.5. The summed E-state index contributed by atoms with van der Waals surface area (Å²) >= 11 is 90.2. The number of unbranched alkanes of at least 4 members (excludes halogenated alkanes) is 1. The standard InChI is InChI=1S/C21H30Cl14O.2C2H6/c1-4-5-6-36-21(35)20(34)19(33)18(32)17(31)16(30)15(29)14(28)13(27)12(26)11(25)10(24)9(23)8(22)7(2)3;2*1-2/h7-21H,4-6H2,1-3H3;2*1-2H3. The lowest BCUT2D eigenvalue weighted by Crippen LogP contribution is -2.49. The lowest BCUT2D eigenvalue weighted by atomic mass is 9.99. The van der Waals surface area contributed by atoms with Crippen molar-refractivity contribution in [2.45, 2.75) is 137 Å². The fourth-order valence-corrected chi connectivity index (χ4v) is 7.96. The smallest absolute Gasteiger partial charge is 0.148 e. The first-order valence-electron chi connectivity index (χ1n) is 13.1. The van der Waals surface area contributed by atoms with Gasteiger partial charge in [-0.3, -0.25) is 0 Å². The maximum absolute atomic E-state index is 6.53. The van der Waals surface area contributed by atoms with E-state index in [1.165, 1.54) is 0 Å². The van der Waals surface area contributed by atoms with Gasteiger partial charge < -0.3 is 4.74 Å². The summed E-state index contributed by atoms with van der Waals surface area (Å²) in [5, 5.41) is -11.4. The fraction of sp³-hybridized carbons (Fsp3) is 1.00. The molecule has 14 atom stereocenters. The van der Waals surface area contributed by atoms with Gasteiger partial charge in [0, 0.05) is 6.61 Å². The Bertz CT molecular complexity index is 592. The van der Waals surface area contributed by atoms with Crippen molar-refractivity contribution in [3.05, 3.63) is 0 Å². The molecule has 0 saturated heterocycles. The van der Waals surface area contributed by atoms with E-state index in [1.54, 1.807) is 0 Å².